The van der Waals surface area contributed by atoms with Gasteiger partial charge in [-0.2, -0.15) is 0 Å². The predicted octanol–water partition coefficient (Wildman–Crippen LogP) is 3.02. The average Bonchev–Trinajstić information content (AvgIpc) is 2.49. The molecule has 98 valence electrons. The smallest absolute Gasteiger partial charge is 0.149 e. The number of benzene rings is 2. The van der Waals surface area contributed by atoms with Crippen molar-refractivity contribution in [1.82, 2.24) is 0 Å². The summed E-state index contributed by atoms with van der Waals surface area (Å²) in [6.07, 6.45) is 0. The molecule has 1 atom stereocenters. The molecule has 2 nitrogen and oxygen atoms in total. The summed E-state index contributed by atoms with van der Waals surface area (Å²) in [5.74, 6) is -0.602. The van der Waals surface area contributed by atoms with Crippen LogP contribution in [0.4, 0.5) is 0 Å². The van der Waals surface area contributed by atoms with Gasteiger partial charge in [-0.3, -0.25) is 4.79 Å². The molecule has 0 aliphatic carbocycles. The van der Waals surface area contributed by atoms with Crippen LogP contribution < -0.4 is 0 Å². The summed E-state index contributed by atoms with van der Waals surface area (Å²) in [5, 5.41) is 9.23. The van der Waals surface area contributed by atoms with Gasteiger partial charge in [-0.15, -0.1) is 0 Å². The molecule has 0 heterocycles. The minimum Gasteiger partial charge on any atom is -0.396 e. The zero-order valence-corrected chi connectivity index (χ0v) is 11.0. The summed E-state index contributed by atoms with van der Waals surface area (Å²) >= 11 is 0. The highest BCUT2D eigenvalue weighted by Crippen LogP contribution is 2.28. The van der Waals surface area contributed by atoms with Crippen LogP contribution in [0, 0.1) is 5.92 Å². The number of Topliss-reactive ketones (excluding diaryl/α,β-unsaturated/α-hetero) is 1. The first-order chi connectivity index (χ1) is 9.24. The lowest BCUT2D eigenvalue weighted by Gasteiger charge is -2.19. The first-order valence-electron chi connectivity index (χ1n) is 6.48. The lowest BCUT2D eigenvalue weighted by Crippen LogP contribution is -2.23. The molecule has 0 fully saturated rings. The normalized spacial score (nSPS) is 12.4. The fourth-order valence-corrected chi connectivity index (χ4v) is 2.19. The predicted molar refractivity (Wildman–Crippen MR) is 76.0 cm³/mol. The second-order valence-corrected chi connectivity index (χ2v) is 4.74. The molecular weight excluding hydrogens is 236 g/mol. The summed E-state index contributed by atoms with van der Waals surface area (Å²) in [6.45, 7) is 1.65. The van der Waals surface area contributed by atoms with E-state index < -0.39 is 0 Å². The van der Waals surface area contributed by atoms with Crippen molar-refractivity contribution in [2.24, 2.45) is 5.92 Å². The monoisotopic (exact) mass is 254 g/mol. The SMILES string of the molecule is C[C@@H](CO)C(=O)C(c1ccccc1)c1ccccc1. The Balaban J connectivity index is 2.43. The van der Waals surface area contributed by atoms with Crippen molar-refractivity contribution < 1.29 is 9.90 Å². The van der Waals surface area contributed by atoms with Crippen LogP contribution in [0.1, 0.15) is 24.0 Å². The van der Waals surface area contributed by atoms with Crippen molar-refractivity contribution in [3.05, 3.63) is 71.8 Å². The maximum atomic E-state index is 12.5. The molecule has 1 N–H and O–H groups in total. The minimum absolute atomic E-state index is 0.0555. The van der Waals surface area contributed by atoms with E-state index in [1.807, 2.05) is 60.7 Å². The fraction of sp³-hybridized carbons (Fsp3) is 0.235. The van der Waals surface area contributed by atoms with Crippen LogP contribution in [0.5, 0.6) is 0 Å². The van der Waals surface area contributed by atoms with Gasteiger partial charge < -0.3 is 5.11 Å². The largest absolute Gasteiger partial charge is 0.396 e. The van der Waals surface area contributed by atoms with Gasteiger partial charge in [0.2, 0.25) is 0 Å². The highest BCUT2D eigenvalue weighted by Gasteiger charge is 2.26. The molecule has 0 saturated heterocycles. The van der Waals surface area contributed by atoms with Gasteiger partial charge >= 0.3 is 0 Å². The van der Waals surface area contributed by atoms with E-state index in [4.69, 9.17) is 0 Å². The van der Waals surface area contributed by atoms with E-state index in [-0.39, 0.29) is 24.2 Å². The van der Waals surface area contributed by atoms with Crippen molar-refractivity contribution in [3.8, 4) is 0 Å². The first kappa shape index (κ1) is 13.5. The molecule has 2 aromatic carbocycles. The molecule has 0 aromatic heterocycles. The van der Waals surface area contributed by atoms with E-state index in [9.17, 15) is 9.90 Å². The van der Waals surface area contributed by atoms with Gasteiger partial charge in [0.25, 0.3) is 0 Å². The third-order valence-electron chi connectivity index (χ3n) is 3.31. The summed E-state index contributed by atoms with van der Waals surface area (Å²) in [5.41, 5.74) is 1.94. The van der Waals surface area contributed by atoms with Crippen LogP contribution in [0.15, 0.2) is 60.7 Å². The number of hydrogen-bond acceptors (Lipinski definition) is 2. The average molecular weight is 254 g/mol. The van der Waals surface area contributed by atoms with Gasteiger partial charge in [-0.05, 0) is 11.1 Å². The fourth-order valence-electron chi connectivity index (χ4n) is 2.19. The Labute approximate surface area is 113 Å². The molecule has 2 aromatic rings. The van der Waals surface area contributed by atoms with Gasteiger partial charge in [-0.25, -0.2) is 0 Å². The van der Waals surface area contributed by atoms with Crippen LogP contribution in [0.2, 0.25) is 0 Å². The third-order valence-corrected chi connectivity index (χ3v) is 3.31. The van der Waals surface area contributed by atoms with Crippen molar-refractivity contribution in [2.45, 2.75) is 12.8 Å². The van der Waals surface area contributed by atoms with Crippen LogP contribution in [0.3, 0.4) is 0 Å². The Morgan fingerprint density at radius 2 is 1.37 bits per heavy atom. The Kier molecular flexibility index (Phi) is 4.48. The van der Waals surface area contributed by atoms with Crippen molar-refractivity contribution in [3.63, 3.8) is 0 Å². The number of ketones is 1. The molecule has 2 rings (SSSR count). The van der Waals surface area contributed by atoms with E-state index in [0.717, 1.165) is 11.1 Å². The zero-order valence-electron chi connectivity index (χ0n) is 11.0. The molecule has 0 aliphatic heterocycles. The molecule has 19 heavy (non-hydrogen) atoms. The number of carbonyl (C=O) groups excluding carboxylic acids is 1. The molecule has 2 heteroatoms. The highest BCUT2D eigenvalue weighted by molar-refractivity contribution is 5.90. The van der Waals surface area contributed by atoms with Gasteiger partial charge in [0.05, 0.1) is 12.5 Å². The van der Waals surface area contributed by atoms with Crippen molar-refractivity contribution >= 4 is 5.78 Å². The number of carbonyl (C=O) groups is 1. The van der Waals surface area contributed by atoms with Crippen LogP contribution in [0.25, 0.3) is 0 Å². The Morgan fingerprint density at radius 1 is 0.947 bits per heavy atom. The molecule has 0 bridgehead atoms. The molecule has 0 saturated carbocycles. The molecule has 0 unspecified atom stereocenters. The summed E-state index contributed by atoms with van der Waals surface area (Å²) < 4.78 is 0. The Hall–Kier alpha value is -1.93. The minimum atomic E-state index is -0.356. The van der Waals surface area contributed by atoms with Crippen molar-refractivity contribution in [1.29, 1.82) is 0 Å². The van der Waals surface area contributed by atoms with Crippen LogP contribution >= 0.6 is 0 Å². The zero-order chi connectivity index (χ0) is 13.7. The maximum absolute atomic E-state index is 12.5. The van der Waals surface area contributed by atoms with Gasteiger partial charge in [-0.1, -0.05) is 67.6 Å². The Bertz CT molecular complexity index is 480. The second kappa shape index (κ2) is 6.30. The topological polar surface area (TPSA) is 37.3 Å². The lowest BCUT2D eigenvalue weighted by atomic mass is 9.83. The van der Waals surface area contributed by atoms with E-state index in [2.05, 4.69) is 0 Å². The molecule has 0 amide bonds. The van der Waals surface area contributed by atoms with Gasteiger partial charge in [0, 0.05) is 5.92 Å². The molecule has 0 spiro atoms. The van der Waals surface area contributed by atoms with Gasteiger partial charge in [0.15, 0.2) is 0 Å². The van der Waals surface area contributed by atoms with Crippen LogP contribution in [-0.4, -0.2) is 17.5 Å². The standard InChI is InChI=1S/C17H18O2/c1-13(12-18)17(19)16(14-8-4-2-5-9-14)15-10-6-3-7-11-15/h2-11,13,16,18H,12H2,1H3/t13-/m0/s1. The maximum Gasteiger partial charge on any atom is 0.149 e. The number of aliphatic hydroxyl groups is 1. The summed E-state index contributed by atoms with van der Waals surface area (Å²) in [7, 11) is 0. The second-order valence-electron chi connectivity index (χ2n) is 4.74. The Morgan fingerprint density at radius 3 is 1.74 bits per heavy atom. The van der Waals surface area contributed by atoms with E-state index in [1.165, 1.54) is 0 Å². The first-order valence-corrected chi connectivity index (χ1v) is 6.48. The molecule has 0 aliphatic rings. The quantitative estimate of drug-likeness (QED) is 0.890. The number of hydrogen-bond donors (Lipinski definition) is 1. The summed E-state index contributed by atoms with van der Waals surface area (Å²) in [6, 6.07) is 19.4. The van der Waals surface area contributed by atoms with Crippen molar-refractivity contribution in [2.75, 3.05) is 6.61 Å². The number of rotatable bonds is 5. The molecule has 0 radical (unpaired) electrons. The van der Waals surface area contributed by atoms with Crippen LogP contribution in [-0.2, 0) is 4.79 Å². The third kappa shape index (κ3) is 3.09. The van der Waals surface area contributed by atoms with E-state index in [1.54, 1.807) is 6.92 Å². The van der Waals surface area contributed by atoms with E-state index >= 15 is 0 Å². The number of aliphatic hydroxyl groups excluding tert-OH is 1. The van der Waals surface area contributed by atoms with E-state index in [0.29, 0.717) is 0 Å². The van der Waals surface area contributed by atoms with Gasteiger partial charge in [0.1, 0.15) is 5.78 Å². The lowest BCUT2D eigenvalue weighted by molar-refractivity contribution is -0.124. The molecular formula is C17H18O2. The summed E-state index contributed by atoms with van der Waals surface area (Å²) in [4.78, 5) is 12.5. The highest BCUT2D eigenvalue weighted by atomic mass is 16.3.